The Bertz CT molecular complexity index is 1160. The highest BCUT2D eigenvalue weighted by Crippen LogP contribution is 2.16. The number of nitrogens with zero attached hydrogens (tertiary/aromatic N) is 3. The van der Waals surface area contributed by atoms with E-state index in [0.717, 1.165) is 22.4 Å². The maximum absolute atomic E-state index is 12.4. The van der Waals surface area contributed by atoms with Gasteiger partial charge in [-0.05, 0) is 36.8 Å². The summed E-state index contributed by atoms with van der Waals surface area (Å²) < 4.78 is 6.65. The van der Waals surface area contributed by atoms with Crippen LogP contribution < -0.4 is 11.2 Å². The second-order valence-corrected chi connectivity index (χ2v) is 6.60. The molecule has 0 fully saturated rings. The number of aryl methyl sites for hydroxylation is 1. The van der Waals surface area contributed by atoms with Crippen molar-refractivity contribution < 1.29 is 4.42 Å². The monoisotopic (exact) mass is 384 g/mol. The summed E-state index contributed by atoms with van der Waals surface area (Å²) in [5.41, 5.74) is 7.34. The Hall–Kier alpha value is -3.93. The Morgan fingerprint density at radius 3 is 2.31 bits per heavy atom. The van der Waals surface area contributed by atoms with Gasteiger partial charge in [-0.15, -0.1) is 5.10 Å². The minimum absolute atomic E-state index is 0.179. The summed E-state index contributed by atoms with van der Waals surface area (Å²) in [6, 6.07) is 27.0. The molecule has 4 rings (SSSR count). The third-order valence-electron chi connectivity index (χ3n) is 4.41. The lowest BCUT2D eigenvalue weighted by Crippen LogP contribution is -2.23. The summed E-state index contributed by atoms with van der Waals surface area (Å²) in [5, 5.41) is 8.88. The number of nitrogens with one attached hydrogen (secondary N) is 1. The first-order chi connectivity index (χ1) is 14.2. The summed E-state index contributed by atoms with van der Waals surface area (Å²) in [6.45, 7) is 2.18. The number of para-hydroxylation sites is 1. The first-order valence-electron chi connectivity index (χ1n) is 9.27. The summed E-state index contributed by atoms with van der Waals surface area (Å²) in [4.78, 5) is 12.4. The maximum Gasteiger partial charge on any atom is 0.437 e. The van der Waals surface area contributed by atoms with E-state index >= 15 is 0 Å². The van der Waals surface area contributed by atoms with E-state index in [1.54, 1.807) is 0 Å². The zero-order valence-corrected chi connectivity index (χ0v) is 15.9. The fraction of sp³-hybridized carbons (Fsp3) is 0.0870. The smallest absolute Gasteiger partial charge is 0.388 e. The minimum atomic E-state index is -0.524. The molecule has 0 saturated heterocycles. The van der Waals surface area contributed by atoms with Crippen molar-refractivity contribution in [2.75, 3.05) is 5.43 Å². The maximum atomic E-state index is 12.4. The highest BCUT2D eigenvalue weighted by molar-refractivity contribution is 6.00. The van der Waals surface area contributed by atoms with Crippen LogP contribution >= 0.6 is 0 Å². The molecule has 0 aliphatic heterocycles. The molecule has 0 aliphatic rings. The van der Waals surface area contributed by atoms with Gasteiger partial charge in [-0.25, -0.2) is 4.79 Å². The van der Waals surface area contributed by atoms with Crippen LogP contribution in [0, 0.1) is 6.92 Å². The number of aromatic nitrogens is 2. The van der Waals surface area contributed by atoms with Gasteiger partial charge in [-0.1, -0.05) is 66.2 Å². The van der Waals surface area contributed by atoms with Crippen molar-refractivity contribution in [1.29, 1.82) is 0 Å². The lowest BCUT2D eigenvalue weighted by molar-refractivity contribution is 0.500. The van der Waals surface area contributed by atoms with Gasteiger partial charge in [-0.2, -0.15) is 9.78 Å². The molecule has 0 radical (unpaired) electrons. The average molecular weight is 384 g/mol. The van der Waals surface area contributed by atoms with E-state index in [-0.39, 0.29) is 6.54 Å². The zero-order chi connectivity index (χ0) is 20.1. The van der Waals surface area contributed by atoms with Crippen LogP contribution in [0.5, 0.6) is 0 Å². The molecule has 0 saturated carbocycles. The van der Waals surface area contributed by atoms with Gasteiger partial charge in [0.1, 0.15) is 0 Å². The van der Waals surface area contributed by atoms with Gasteiger partial charge in [-0.3, -0.25) is 5.43 Å². The molecule has 29 heavy (non-hydrogen) atoms. The number of hydrazone groups is 1. The molecule has 4 aromatic rings. The zero-order valence-electron chi connectivity index (χ0n) is 15.9. The van der Waals surface area contributed by atoms with E-state index in [1.165, 1.54) is 4.68 Å². The fourth-order valence-electron chi connectivity index (χ4n) is 2.83. The van der Waals surface area contributed by atoms with Gasteiger partial charge >= 0.3 is 5.76 Å². The highest BCUT2D eigenvalue weighted by atomic mass is 16.4. The lowest BCUT2D eigenvalue weighted by Gasteiger charge is -2.07. The van der Waals surface area contributed by atoms with Gasteiger partial charge in [0.2, 0.25) is 5.89 Å². The third kappa shape index (κ3) is 4.50. The summed E-state index contributed by atoms with van der Waals surface area (Å²) >= 11 is 0. The summed E-state index contributed by atoms with van der Waals surface area (Å²) in [6.07, 6.45) is 0. The molecular weight excluding hydrogens is 364 g/mol. The van der Waals surface area contributed by atoms with Gasteiger partial charge in [0.05, 0.1) is 17.9 Å². The highest BCUT2D eigenvalue weighted by Gasteiger charge is 2.13. The van der Waals surface area contributed by atoms with Gasteiger partial charge in [0, 0.05) is 5.56 Å². The standard InChI is InChI=1S/C23H20N4O2/c1-17-12-14-19(15-13-17)22-26-27(23(28)29-22)16-21(18-8-4-2-5-9-18)25-24-20-10-6-3-7-11-20/h2-15,24H,16H2,1H3/b25-21-. The molecule has 0 amide bonds. The van der Waals surface area contributed by atoms with E-state index in [4.69, 9.17) is 4.42 Å². The normalized spacial score (nSPS) is 11.4. The van der Waals surface area contributed by atoms with Crippen molar-refractivity contribution in [2.24, 2.45) is 5.10 Å². The number of hydrogen-bond donors (Lipinski definition) is 1. The quantitative estimate of drug-likeness (QED) is 0.397. The van der Waals surface area contributed by atoms with Crippen molar-refractivity contribution in [1.82, 2.24) is 9.78 Å². The van der Waals surface area contributed by atoms with E-state index in [1.807, 2.05) is 91.9 Å². The van der Waals surface area contributed by atoms with E-state index in [2.05, 4.69) is 15.6 Å². The molecule has 0 spiro atoms. The molecule has 0 unspecified atom stereocenters. The molecule has 0 aliphatic carbocycles. The van der Waals surface area contributed by atoms with Gasteiger partial charge in [0.25, 0.3) is 0 Å². The third-order valence-corrected chi connectivity index (χ3v) is 4.41. The molecular formula is C23H20N4O2. The molecule has 0 bridgehead atoms. The molecule has 0 atom stereocenters. The average Bonchev–Trinajstić information content (AvgIpc) is 3.13. The largest absolute Gasteiger partial charge is 0.437 e. The molecule has 144 valence electrons. The molecule has 1 heterocycles. The van der Waals surface area contributed by atoms with Gasteiger partial charge in [0.15, 0.2) is 0 Å². The Balaban J connectivity index is 1.64. The molecule has 3 aromatic carbocycles. The Morgan fingerprint density at radius 2 is 1.62 bits per heavy atom. The number of hydrogen-bond acceptors (Lipinski definition) is 5. The first-order valence-corrected chi connectivity index (χ1v) is 9.27. The van der Waals surface area contributed by atoms with Crippen molar-refractivity contribution in [3.05, 3.63) is 107 Å². The number of rotatable bonds is 6. The van der Waals surface area contributed by atoms with Crippen molar-refractivity contribution in [3.8, 4) is 11.5 Å². The van der Waals surface area contributed by atoms with Crippen molar-refractivity contribution in [3.63, 3.8) is 0 Å². The fourth-order valence-corrected chi connectivity index (χ4v) is 2.83. The predicted octanol–water partition coefficient (Wildman–Crippen LogP) is 4.33. The van der Waals surface area contributed by atoms with Crippen molar-refractivity contribution >= 4 is 11.4 Å². The summed E-state index contributed by atoms with van der Waals surface area (Å²) in [5.74, 6) is -0.234. The van der Waals surface area contributed by atoms with Crippen LogP contribution in [0.25, 0.3) is 11.5 Å². The summed E-state index contributed by atoms with van der Waals surface area (Å²) in [7, 11) is 0. The van der Waals surface area contributed by atoms with Crippen molar-refractivity contribution in [2.45, 2.75) is 13.5 Å². The first kappa shape index (κ1) is 18.4. The SMILES string of the molecule is Cc1ccc(-c2nn(C/C(=N/Nc3ccccc3)c3ccccc3)c(=O)o2)cc1. The van der Waals surface area contributed by atoms with Crippen LogP contribution in [0.4, 0.5) is 5.69 Å². The van der Waals surface area contributed by atoms with Crippen LogP contribution in [0.3, 0.4) is 0 Å². The Morgan fingerprint density at radius 1 is 0.966 bits per heavy atom. The minimum Gasteiger partial charge on any atom is -0.388 e. The van der Waals surface area contributed by atoms with E-state index < -0.39 is 5.76 Å². The van der Waals surface area contributed by atoms with Crippen LogP contribution in [0.1, 0.15) is 11.1 Å². The lowest BCUT2D eigenvalue weighted by atomic mass is 10.1. The molecule has 6 nitrogen and oxygen atoms in total. The van der Waals surface area contributed by atoms with Gasteiger partial charge < -0.3 is 4.42 Å². The van der Waals surface area contributed by atoms with E-state index in [0.29, 0.717) is 11.6 Å². The Kier molecular flexibility index (Phi) is 5.33. The second-order valence-electron chi connectivity index (χ2n) is 6.60. The van der Waals surface area contributed by atoms with E-state index in [9.17, 15) is 4.79 Å². The molecule has 1 aromatic heterocycles. The number of anilines is 1. The topological polar surface area (TPSA) is 72.4 Å². The van der Waals surface area contributed by atoms with Crippen LogP contribution in [0.15, 0.2) is 99.2 Å². The molecule has 6 heteroatoms. The Labute approximate surface area is 168 Å². The second kappa shape index (κ2) is 8.39. The number of benzene rings is 3. The molecule has 1 N–H and O–H groups in total. The van der Waals surface area contributed by atoms with Crippen LogP contribution in [-0.4, -0.2) is 15.5 Å². The van der Waals surface area contributed by atoms with Crippen LogP contribution in [0.2, 0.25) is 0 Å². The van der Waals surface area contributed by atoms with Crippen LogP contribution in [-0.2, 0) is 6.54 Å². The predicted molar refractivity (Wildman–Crippen MR) is 114 cm³/mol.